The van der Waals surface area contributed by atoms with Gasteiger partial charge in [0.2, 0.25) is 0 Å². The van der Waals surface area contributed by atoms with E-state index in [1.807, 2.05) is 0 Å². The van der Waals surface area contributed by atoms with Crippen LogP contribution < -0.4 is 0 Å². The molecule has 0 saturated carbocycles. The second kappa shape index (κ2) is 6.30. The van der Waals surface area contributed by atoms with Crippen LogP contribution in [0.5, 0.6) is 0 Å². The fourth-order valence-corrected chi connectivity index (χ4v) is 3.20. The van der Waals surface area contributed by atoms with Crippen molar-refractivity contribution in [1.82, 2.24) is 5.01 Å². The number of nitro groups is 1. The molecule has 0 bridgehead atoms. The van der Waals surface area contributed by atoms with E-state index in [0.29, 0.717) is 26.4 Å². The van der Waals surface area contributed by atoms with E-state index < -0.39 is 16.7 Å². The van der Waals surface area contributed by atoms with Crippen molar-refractivity contribution in [2.75, 3.05) is 0 Å². The molecule has 7 nitrogen and oxygen atoms in total. The first-order valence-corrected chi connectivity index (χ1v) is 8.23. The lowest BCUT2D eigenvalue weighted by Gasteiger charge is -2.22. The largest absolute Gasteiger partial charge is 0.282 e. The number of non-ortho nitro benzene ring substituents is 1. The maximum atomic E-state index is 12.8. The number of imide groups is 1. The summed E-state index contributed by atoms with van der Waals surface area (Å²) in [5.41, 5.74) is 0.708. The molecule has 0 fully saturated rings. The molecule has 0 radical (unpaired) electrons. The van der Waals surface area contributed by atoms with Gasteiger partial charge in [-0.1, -0.05) is 35.9 Å². The summed E-state index contributed by atoms with van der Waals surface area (Å²) >= 11 is 5.92. The minimum atomic E-state index is -0.717. The smallest absolute Gasteiger partial charge is 0.267 e. The monoisotopic (exact) mass is 379 g/mol. The number of nitrogens with zero attached hydrogens (tertiary/aromatic N) is 3. The van der Waals surface area contributed by atoms with Crippen molar-refractivity contribution < 1.29 is 14.5 Å². The second-order valence-corrected chi connectivity index (χ2v) is 6.31. The van der Waals surface area contributed by atoms with Gasteiger partial charge in [-0.2, -0.15) is 10.1 Å². The molecule has 4 rings (SSSR count). The summed E-state index contributed by atoms with van der Waals surface area (Å²) in [4.78, 5) is 36.2. The zero-order valence-electron chi connectivity index (χ0n) is 13.6. The number of carbonyl (C=O) groups excluding carboxylic acids is 2. The number of rotatable bonds is 3. The highest BCUT2D eigenvalue weighted by Gasteiger charge is 2.34. The topological polar surface area (TPSA) is 92.9 Å². The lowest BCUT2D eigenvalue weighted by Crippen LogP contribution is -2.36. The standard InChI is InChI=1S/C19H10ClN3O4/c20-13-5-1-3-11(7-13)10-21-22-18(24)15-6-2-4-12-8-14(23(26)27)9-16(17(12)15)19(22)25/h1-10H/b21-10-. The van der Waals surface area contributed by atoms with E-state index >= 15 is 0 Å². The first-order chi connectivity index (χ1) is 13.0. The number of hydrogen-bond donors (Lipinski definition) is 0. The number of carbonyl (C=O) groups is 2. The summed E-state index contributed by atoms with van der Waals surface area (Å²) in [6, 6.07) is 14.1. The fraction of sp³-hybridized carbons (Fsp3) is 0. The molecule has 1 heterocycles. The predicted octanol–water partition coefficient (Wildman–Crippen LogP) is 4.03. The molecule has 3 aromatic carbocycles. The lowest BCUT2D eigenvalue weighted by atomic mass is 9.94. The Kier molecular flexibility index (Phi) is 3.93. The van der Waals surface area contributed by atoms with Crippen molar-refractivity contribution in [3.05, 3.63) is 86.4 Å². The van der Waals surface area contributed by atoms with Crippen LogP contribution in [-0.4, -0.2) is 28.0 Å². The highest BCUT2D eigenvalue weighted by atomic mass is 35.5. The summed E-state index contributed by atoms with van der Waals surface area (Å²) in [5, 5.41) is 17.2. The molecule has 0 aromatic heterocycles. The molecule has 8 heteroatoms. The van der Waals surface area contributed by atoms with Gasteiger partial charge in [-0.25, -0.2) is 0 Å². The summed E-state index contributed by atoms with van der Waals surface area (Å²) in [6.07, 6.45) is 1.34. The average Bonchev–Trinajstić information content (AvgIpc) is 2.65. The van der Waals surface area contributed by atoms with Gasteiger partial charge in [-0.15, -0.1) is 0 Å². The summed E-state index contributed by atoms with van der Waals surface area (Å²) in [7, 11) is 0. The Labute approximate surface area is 157 Å². The minimum Gasteiger partial charge on any atom is -0.267 e. The lowest BCUT2D eigenvalue weighted by molar-refractivity contribution is -0.384. The zero-order chi connectivity index (χ0) is 19.1. The van der Waals surface area contributed by atoms with Gasteiger partial charge in [-0.3, -0.25) is 19.7 Å². The number of benzene rings is 3. The molecule has 132 valence electrons. The van der Waals surface area contributed by atoms with Gasteiger partial charge >= 0.3 is 0 Å². The Morgan fingerprint density at radius 3 is 2.48 bits per heavy atom. The van der Waals surface area contributed by atoms with Crippen LogP contribution in [0.1, 0.15) is 26.3 Å². The number of halogens is 1. The first kappa shape index (κ1) is 16.9. The first-order valence-electron chi connectivity index (χ1n) is 7.85. The van der Waals surface area contributed by atoms with E-state index in [1.54, 1.807) is 42.5 Å². The van der Waals surface area contributed by atoms with Crippen LogP contribution in [0, 0.1) is 10.1 Å². The van der Waals surface area contributed by atoms with Crippen molar-refractivity contribution >= 4 is 46.1 Å². The van der Waals surface area contributed by atoms with Crippen molar-refractivity contribution in [3.8, 4) is 0 Å². The van der Waals surface area contributed by atoms with Crippen molar-refractivity contribution in [2.45, 2.75) is 0 Å². The molecule has 2 amide bonds. The average molecular weight is 380 g/mol. The van der Waals surface area contributed by atoms with E-state index in [-0.39, 0.29) is 16.8 Å². The Morgan fingerprint density at radius 1 is 1.00 bits per heavy atom. The molecule has 0 unspecified atom stereocenters. The van der Waals surface area contributed by atoms with Crippen LogP contribution in [0.2, 0.25) is 5.02 Å². The maximum Gasteiger partial charge on any atom is 0.282 e. The van der Waals surface area contributed by atoms with Crippen LogP contribution in [-0.2, 0) is 0 Å². The van der Waals surface area contributed by atoms with Gasteiger partial charge in [0, 0.05) is 22.5 Å². The van der Waals surface area contributed by atoms with E-state index in [1.165, 1.54) is 18.3 Å². The molecule has 1 aliphatic heterocycles. The van der Waals surface area contributed by atoms with Gasteiger partial charge < -0.3 is 0 Å². The maximum absolute atomic E-state index is 12.8. The molecule has 3 aromatic rings. The van der Waals surface area contributed by atoms with Crippen LogP contribution >= 0.6 is 11.6 Å². The van der Waals surface area contributed by atoms with E-state index in [4.69, 9.17) is 11.6 Å². The molecule has 0 atom stereocenters. The minimum absolute atomic E-state index is 0.0673. The van der Waals surface area contributed by atoms with Crippen LogP contribution in [0.25, 0.3) is 10.8 Å². The molecule has 27 heavy (non-hydrogen) atoms. The number of nitro benzene ring substituents is 1. The van der Waals surface area contributed by atoms with Crippen LogP contribution in [0.3, 0.4) is 0 Å². The highest BCUT2D eigenvalue weighted by molar-refractivity contribution is 6.30. The van der Waals surface area contributed by atoms with Crippen molar-refractivity contribution in [1.29, 1.82) is 0 Å². The van der Waals surface area contributed by atoms with E-state index in [2.05, 4.69) is 5.10 Å². The van der Waals surface area contributed by atoms with Gasteiger partial charge in [0.25, 0.3) is 17.5 Å². The Morgan fingerprint density at radius 2 is 1.74 bits per heavy atom. The van der Waals surface area contributed by atoms with Crippen LogP contribution in [0.15, 0.2) is 59.7 Å². The van der Waals surface area contributed by atoms with Crippen molar-refractivity contribution in [3.63, 3.8) is 0 Å². The van der Waals surface area contributed by atoms with Crippen LogP contribution in [0.4, 0.5) is 5.69 Å². The van der Waals surface area contributed by atoms with Gasteiger partial charge in [0.05, 0.1) is 22.3 Å². The van der Waals surface area contributed by atoms with Gasteiger partial charge in [0.15, 0.2) is 0 Å². The SMILES string of the molecule is O=C1c2cccc3cc([N+](=O)[O-])cc(c23)C(=O)N1/N=C\c1cccc(Cl)c1. The number of hydrogen-bond acceptors (Lipinski definition) is 5. The third kappa shape index (κ3) is 2.84. The number of amides is 2. The third-order valence-electron chi connectivity index (χ3n) is 4.19. The number of hydrazone groups is 1. The normalized spacial score (nSPS) is 13.6. The molecular weight excluding hydrogens is 370 g/mol. The molecule has 0 aliphatic carbocycles. The molecule has 0 spiro atoms. The van der Waals surface area contributed by atoms with E-state index in [9.17, 15) is 19.7 Å². The Balaban J connectivity index is 1.84. The van der Waals surface area contributed by atoms with Crippen molar-refractivity contribution in [2.24, 2.45) is 5.10 Å². The summed E-state index contributed by atoms with van der Waals surface area (Å²) in [5.74, 6) is -1.31. The van der Waals surface area contributed by atoms with Gasteiger partial charge in [0.1, 0.15) is 0 Å². The van der Waals surface area contributed by atoms with Gasteiger partial charge in [-0.05, 0) is 29.1 Å². The second-order valence-electron chi connectivity index (χ2n) is 5.88. The highest BCUT2D eigenvalue weighted by Crippen LogP contribution is 2.33. The summed E-state index contributed by atoms with van der Waals surface area (Å²) < 4.78 is 0. The molecule has 0 N–H and O–H groups in total. The van der Waals surface area contributed by atoms with E-state index in [0.717, 1.165) is 0 Å². The summed E-state index contributed by atoms with van der Waals surface area (Å²) in [6.45, 7) is 0. The zero-order valence-corrected chi connectivity index (χ0v) is 14.4. The fourth-order valence-electron chi connectivity index (χ4n) is 3.00. The Bertz CT molecular complexity index is 1170. The third-order valence-corrected chi connectivity index (χ3v) is 4.42. The Hall–Kier alpha value is -3.58. The predicted molar refractivity (Wildman–Crippen MR) is 100 cm³/mol. The molecule has 1 aliphatic rings. The quantitative estimate of drug-likeness (QED) is 0.297. The molecule has 0 saturated heterocycles. The molecular formula is C19H10ClN3O4.